The SMILES string of the molecule is CCCNC(=O)[C@H]1[C@H]2C(=O)N([C@H](CO)c3ccccc3)C(C(=O)NCc3ccccc3)C23CC[C@]1(CC)O3. The lowest BCUT2D eigenvalue weighted by atomic mass is 9.65. The molecule has 8 heteroatoms. The molecule has 0 aromatic heterocycles. The molecule has 6 atom stereocenters. The Morgan fingerprint density at radius 3 is 2.34 bits per heavy atom. The number of fused-ring (bicyclic) bond motifs is 1. The second-order valence-corrected chi connectivity index (χ2v) is 10.7. The van der Waals surface area contributed by atoms with E-state index in [1.165, 1.54) is 4.90 Å². The van der Waals surface area contributed by atoms with Crippen molar-refractivity contribution in [2.45, 2.75) is 69.4 Å². The Morgan fingerprint density at radius 1 is 1.03 bits per heavy atom. The zero-order chi connectivity index (χ0) is 26.9. The van der Waals surface area contributed by atoms with Crippen molar-refractivity contribution in [1.29, 1.82) is 0 Å². The van der Waals surface area contributed by atoms with Gasteiger partial charge in [-0.3, -0.25) is 14.4 Å². The van der Waals surface area contributed by atoms with Crippen molar-refractivity contribution in [2.24, 2.45) is 11.8 Å². The van der Waals surface area contributed by atoms with Gasteiger partial charge >= 0.3 is 0 Å². The molecule has 0 aliphatic carbocycles. The van der Waals surface area contributed by atoms with Crippen LogP contribution < -0.4 is 10.6 Å². The molecule has 2 aromatic carbocycles. The molecule has 38 heavy (non-hydrogen) atoms. The van der Waals surface area contributed by atoms with E-state index in [0.717, 1.165) is 17.5 Å². The maximum Gasteiger partial charge on any atom is 0.246 e. The molecular weight excluding hydrogens is 482 g/mol. The molecule has 3 heterocycles. The van der Waals surface area contributed by atoms with Gasteiger partial charge in [-0.15, -0.1) is 0 Å². The Kier molecular flexibility index (Phi) is 7.29. The topological polar surface area (TPSA) is 108 Å². The van der Waals surface area contributed by atoms with Crippen LogP contribution in [-0.2, 0) is 25.7 Å². The molecule has 3 aliphatic rings. The number of benzene rings is 2. The van der Waals surface area contributed by atoms with Crippen LogP contribution in [0.15, 0.2) is 60.7 Å². The van der Waals surface area contributed by atoms with Crippen LogP contribution in [0.1, 0.15) is 56.7 Å². The van der Waals surface area contributed by atoms with Crippen molar-refractivity contribution in [2.75, 3.05) is 13.2 Å². The summed E-state index contributed by atoms with van der Waals surface area (Å²) in [6.45, 7) is 4.42. The number of likely N-dealkylation sites (tertiary alicyclic amines) is 1. The van der Waals surface area contributed by atoms with Crippen LogP contribution in [0.25, 0.3) is 0 Å². The summed E-state index contributed by atoms with van der Waals surface area (Å²) in [5.41, 5.74) is -0.258. The van der Waals surface area contributed by atoms with Gasteiger partial charge < -0.3 is 25.4 Å². The number of rotatable bonds is 10. The molecule has 8 nitrogen and oxygen atoms in total. The number of carbonyl (C=O) groups excluding carboxylic acids is 3. The first-order chi connectivity index (χ1) is 18.4. The van der Waals surface area contributed by atoms with Crippen LogP contribution in [0.4, 0.5) is 0 Å². The smallest absolute Gasteiger partial charge is 0.246 e. The molecule has 3 fully saturated rings. The first-order valence-corrected chi connectivity index (χ1v) is 13.7. The summed E-state index contributed by atoms with van der Waals surface area (Å²) in [5.74, 6) is -2.32. The van der Waals surface area contributed by atoms with Gasteiger partial charge in [-0.1, -0.05) is 74.5 Å². The Labute approximate surface area is 223 Å². The summed E-state index contributed by atoms with van der Waals surface area (Å²) >= 11 is 0. The highest BCUT2D eigenvalue weighted by Gasteiger charge is 2.79. The third-order valence-electron chi connectivity index (χ3n) is 8.70. The standard InChI is InChI=1S/C30H37N3O5/c1-3-17-31-26(35)23-24-28(37)33(22(19-34)21-13-9-6-10-14-21)25(30(24)16-15-29(23,4-2)38-30)27(36)32-18-20-11-7-5-8-12-20/h5-14,22-25,34H,3-4,15-19H2,1-2H3,(H,31,35)(H,32,36)/t22-,23-,24+,25?,29+,30?/m1/s1. The Bertz CT molecular complexity index is 1170. The normalized spacial score (nSPS) is 30.2. The molecule has 2 aromatic rings. The highest BCUT2D eigenvalue weighted by atomic mass is 16.5. The predicted octanol–water partition coefficient (Wildman–Crippen LogP) is 2.72. The molecule has 3 N–H and O–H groups in total. The van der Waals surface area contributed by atoms with Gasteiger partial charge in [-0.2, -0.15) is 0 Å². The molecule has 5 rings (SSSR count). The molecule has 3 aliphatic heterocycles. The minimum absolute atomic E-state index is 0.195. The van der Waals surface area contributed by atoms with Gasteiger partial charge in [0.1, 0.15) is 11.6 Å². The van der Waals surface area contributed by atoms with Crippen molar-refractivity contribution < 1.29 is 24.2 Å². The Morgan fingerprint density at radius 2 is 1.71 bits per heavy atom. The Hall–Kier alpha value is -3.23. The van der Waals surface area contributed by atoms with E-state index in [4.69, 9.17) is 4.74 Å². The number of hydrogen-bond acceptors (Lipinski definition) is 5. The van der Waals surface area contributed by atoms with E-state index in [1.54, 1.807) is 0 Å². The van der Waals surface area contributed by atoms with E-state index in [0.29, 0.717) is 32.4 Å². The number of nitrogens with one attached hydrogen (secondary N) is 2. The number of ether oxygens (including phenoxy) is 1. The van der Waals surface area contributed by atoms with Gasteiger partial charge in [0, 0.05) is 13.1 Å². The fourth-order valence-electron chi connectivity index (χ4n) is 6.96. The first-order valence-electron chi connectivity index (χ1n) is 13.7. The van der Waals surface area contributed by atoms with Crippen LogP contribution in [0.5, 0.6) is 0 Å². The van der Waals surface area contributed by atoms with Crippen LogP contribution in [0.2, 0.25) is 0 Å². The minimum Gasteiger partial charge on any atom is -0.394 e. The lowest BCUT2D eigenvalue weighted by Gasteiger charge is -2.37. The Balaban J connectivity index is 1.56. The third-order valence-corrected chi connectivity index (χ3v) is 8.70. The fraction of sp³-hybridized carbons (Fsp3) is 0.500. The number of nitrogens with zero attached hydrogens (tertiary/aromatic N) is 1. The van der Waals surface area contributed by atoms with Gasteiger partial charge in [-0.25, -0.2) is 0 Å². The quantitative estimate of drug-likeness (QED) is 0.447. The highest BCUT2D eigenvalue weighted by Crippen LogP contribution is 2.65. The van der Waals surface area contributed by atoms with Crippen molar-refractivity contribution in [3.8, 4) is 0 Å². The summed E-state index contributed by atoms with van der Waals surface area (Å²) in [6.07, 6.45) is 2.45. The number of hydrogen-bond donors (Lipinski definition) is 3. The zero-order valence-corrected chi connectivity index (χ0v) is 22.1. The van der Waals surface area contributed by atoms with Crippen LogP contribution in [0.3, 0.4) is 0 Å². The number of aliphatic hydroxyl groups is 1. The van der Waals surface area contributed by atoms with E-state index < -0.39 is 35.1 Å². The van der Waals surface area contributed by atoms with E-state index >= 15 is 0 Å². The number of amides is 3. The maximum atomic E-state index is 14.4. The van der Waals surface area contributed by atoms with Gasteiger partial charge in [0.15, 0.2) is 0 Å². The van der Waals surface area contributed by atoms with Gasteiger partial charge in [0.25, 0.3) is 0 Å². The number of aliphatic hydroxyl groups excluding tert-OH is 1. The molecule has 2 bridgehead atoms. The summed E-state index contributed by atoms with van der Waals surface area (Å²) in [5, 5.41) is 16.6. The van der Waals surface area contributed by atoms with Crippen LogP contribution >= 0.6 is 0 Å². The lowest BCUT2D eigenvalue weighted by Crippen LogP contribution is -2.56. The van der Waals surface area contributed by atoms with Crippen molar-refractivity contribution in [3.63, 3.8) is 0 Å². The van der Waals surface area contributed by atoms with E-state index in [-0.39, 0.29) is 24.3 Å². The molecule has 0 radical (unpaired) electrons. The van der Waals surface area contributed by atoms with E-state index in [1.807, 2.05) is 74.5 Å². The molecular formula is C30H37N3O5. The lowest BCUT2D eigenvalue weighted by molar-refractivity contribution is -0.151. The van der Waals surface area contributed by atoms with Crippen molar-refractivity contribution in [3.05, 3.63) is 71.8 Å². The predicted molar refractivity (Wildman–Crippen MR) is 142 cm³/mol. The zero-order valence-electron chi connectivity index (χ0n) is 22.1. The largest absolute Gasteiger partial charge is 0.394 e. The molecule has 3 amide bonds. The first kappa shape index (κ1) is 26.4. The van der Waals surface area contributed by atoms with E-state index in [2.05, 4.69) is 10.6 Å². The summed E-state index contributed by atoms with van der Waals surface area (Å²) in [4.78, 5) is 43.4. The van der Waals surface area contributed by atoms with Crippen molar-refractivity contribution in [1.82, 2.24) is 15.5 Å². The van der Waals surface area contributed by atoms with E-state index in [9.17, 15) is 19.5 Å². The molecule has 3 saturated heterocycles. The van der Waals surface area contributed by atoms with Crippen LogP contribution in [-0.4, -0.2) is 58.1 Å². The second kappa shape index (κ2) is 10.5. The highest BCUT2D eigenvalue weighted by molar-refractivity contribution is 5.99. The summed E-state index contributed by atoms with van der Waals surface area (Å²) in [6, 6.07) is 17.1. The van der Waals surface area contributed by atoms with Crippen molar-refractivity contribution >= 4 is 17.7 Å². The maximum absolute atomic E-state index is 14.4. The van der Waals surface area contributed by atoms with Gasteiger partial charge in [0.05, 0.1) is 30.1 Å². The van der Waals surface area contributed by atoms with Gasteiger partial charge in [-0.05, 0) is 36.8 Å². The number of carbonyl (C=O) groups is 3. The monoisotopic (exact) mass is 519 g/mol. The van der Waals surface area contributed by atoms with Gasteiger partial charge in [0.2, 0.25) is 17.7 Å². The summed E-state index contributed by atoms with van der Waals surface area (Å²) < 4.78 is 6.79. The molecule has 202 valence electrons. The fourth-order valence-corrected chi connectivity index (χ4v) is 6.96. The molecule has 1 spiro atoms. The minimum atomic E-state index is -1.13. The average Bonchev–Trinajstić information content (AvgIpc) is 3.56. The third kappa shape index (κ3) is 4.10. The second-order valence-electron chi connectivity index (χ2n) is 10.7. The molecule has 2 unspecified atom stereocenters. The average molecular weight is 520 g/mol. The van der Waals surface area contributed by atoms with Crippen LogP contribution in [0, 0.1) is 11.8 Å². The summed E-state index contributed by atoms with van der Waals surface area (Å²) in [7, 11) is 0. The molecule has 0 saturated carbocycles.